The molecule has 1 aromatic rings. The Labute approximate surface area is 94.7 Å². The first-order chi connectivity index (χ1) is 7.16. The topological polar surface area (TPSA) is 41.1 Å². The predicted molar refractivity (Wildman–Crippen MR) is 61.5 cm³/mol. The third-order valence-electron chi connectivity index (χ3n) is 2.55. The molecule has 4 nitrogen and oxygen atoms in total. The van der Waals surface area contributed by atoms with Gasteiger partial charge in [0, 0.05) is 37.4 Å². The van der Waals surface area contributed by atoms with Gasteiger partial charge in [-0.2, -0.15) is 0 Å². The third-order valence-corrected chi connectivity index (χ3v) is 2.93. The summed E-state index contributed by atoms with van der Waals surface area (Å²) in [6.07, 6.45) is 1.78. The van der Waals surface area contributed by atoms with Crippen molar-refractivity contribution in [3.8, 4) is 0 Å². The molecule has 5 heteroatoms. The molecule has 0 spiro atoms. The van der Waals surface area contributed by atoms with Crippen LogP contribution in [0.2, 0.25) is 5.15 Å². The minimum Gasteiger partial charge on any atom is -0.338 e. The second kappa shape index (κ2) is 4.33. The SMILES string of the molecule is Cc1cnc(N2CCNC(C)C2)nc1Cl. The number of hydrogen-bond donors (Lipinski definition) is 1. The van der Waals surface area contributed by atoms with E-state index >= 15 is 0 Å². The Morgan fingerprint density at radius 1 is 1.60 bits per heavy atom. The van der Waals surface area contributed by atoms with Crippen LogP contribution in [-0.2, 0) is 0 Å². The van der Waals surface area contributed by atoms with Crippen molar-refractivity contribution < 1.29 is 0 Å². The Kier molecular flexibility index (Phi) is 3.07. The van der Waals surface area contributed by atoms with Gasteiger partial charge in [0.2, 0.25) is 5.95 Å². The summed E-state index contributed by atoms with van der Waals surface area (Å²) in [5.41, 5.74) is 0.920. The maximum atomic E-state index is 5.98. The molecule has 82 valence electrons. The average molecular weight is 227 g/mol. The summed E-state index contributed by atoms with van der Waals surface area (Å²) in [6.45, 7) is 6.90. The molecule has 1 N–H and O–H groups in total. The molecular weight excluding hydrogens is 212 g/mol. The highest BCUT2D eigenvalue weighted by Gasteiger charge is 2.18. The summed E-state index contributed by atoms with van der Waals surface area (Å²) in [7, 11) is 0. The number of aryl methyl sites for hydroxylation is 1. The lowest BCUT2D eigenvalue weighted by molar-refractivity contribution is 0.479. The Balaban J connectivity index is 2.18. The smallest absolute Gasteiger partial charge is 0.226 e. The van der Waals surface area contributed by atoms with Gasteiger partial charge in [-0.05, 0) is 13.8 Å². The second-order valence-electron chi connectivity index (χ2n) is 3.95. The quantitative estimate of drug-likeness (QED) is 0.732. The molecule has 1 fully saturated rings. The van der Waals surface area contributed by atoms with E-state index in [-0.39, 0.29) is 0 Å². The normalized spacial score (nSPS) is 21.8. The van der Waals surface area contributed by atoms with Crippen molar-refractivity contribution >= 4 is 17.5 Å². The first kappa shape index (κ1) is 10.6. The van der Waals surface area contributed by atoms with Crippen LogP contribution < -0.4 is 10.2 Å². The first-order valence-electron chi connectivity index (χ1n) is 5.14. The van der Waals surface area contributed by atoms with Crippen LogP contribution in [0.4, 0.5) is 5.95 Å². The predicted octanol–water partition coefficient (Wildman–Crippen LogP) is 1.24. The summed E-state index contributed by atoms with van der Waals surface area (Å²) in [5, 5.41) is 3.92. The second-order valence-corrected chi connectivity index (χ2v) is 4.30. The van der Waals surface area contributed by atoms with Gasteiger partial charge in [-0.25, -0.2) is 9.97 Å². The van der Waals surface area contributed by atoms with Crippen molar-refractivity contribution in [2.45, 2.75) is 19.9 Å². The summed E-state index contributed by atoms with van der Waals surface area (Å²) < 4.78 is 0. The van der Waals surface area contributed by atoms with Crippen molar-refractivity contribution in [3.05, 3.63) is 16.9 Å². The van der Waals surface area contributed by atoms with Gasteiger partial charge in [-0.1, -0.05) is 11.6 Å². The minimum absolute atomic E-state index is 0.474. The zero-order valence-electron chi connectivity index (χ0n) is 9.00. The van der Waals surface area contributed by atoms with Gasteiger partial charge in [0.1, 0.15) is 5.15 Å². The van der Waals surface area contributed by atoms with Crippen LogP contribution in [0, 0.1) is 6.92 Å². The molecule has 1 atom stereocenters. The molecule has 1 aliphatic rings. The third kappa shape index (κ3) is 2.38. The van der Waals surface area contributed by atoms with Crippen LogP contribution in [0.25, 0.3) is 0 Å². The number of hydrogen-bond acceptors (Lipinski definition) is 4. The van der Waals surface area contributed by atoms with E-state index in [1.54, 1.807) is 6.20 Å². The maximum absolute atomic E-state index is 5.98. The van der Waals surface area contributed by atoms with Crippen molar-refractivity contribution in [1.82, 2.24) is 15.3 Å². The van der Waals surface area contributed by atoms with Gasteiger partial charge in [0.05, 0.1) is 0 Å². The van der Waals surface area contributed by atoms with Gasteiger partial charge in [-0.15, -0.1) is 0 Å². The molecule has 2 rings (SSSR count). The Hall–Kier alpha value is -0.870. The Morgan fingerprint density at radius 3 is 3.07 bits per heavy atom. The summed E-state index contributed by atoms with van der Waals surface area (Å²) in [5.74, 6) is 0.735. The highest BCUT2D eigenvalue weighted by molar-refractivity contribution is 6.30. The molecule has 0 aromatic carbocycles. The minimum atomic E-state index is 0.474. The number of halogens is 1. The number of rotatable bonds is 1. The van der Waals surface area contributed by atoms with Crippen LogP contribution in [0.15, 0.2) is 6.20 Å². The van der Waals surface area contributed by atoms with E-state index in [0.29, 0.717) is 11.2 Å². The Morgan fingerprint density at radius 2 is 2.40 bits per heavy atom. The molecule has 1 unspecified atom stereocenters. The van der Waals surface area contributed by atoms with Gasteiger partial charge in [-0.3, -0.25) is 0 Å². The van der Waals surface area contributed by atoms with E-state index < -0.39 is 0 Å². The zero-order valence-corrected chi connectivity index (χ0v) is 9.75. The largest absolute Gasteiger partial charge is 0.338 e. The number of nitrogens with zero attached hydrogens (tertiary/aromatic N) is 3. The van der Waals surface area contributed by atoms with E-state index in [2.05, 4.69) is 27.1 Å². The molecule has 0 aliphatic carbocycles. The maximum Gasteiger partial charge on any atom is 0.226 e. The highest BCUT2D eigenvalue weighted by Crippen LogP contribution is 2.16. The summed E-state index contributed by atoms with van der Waals surface area (Å²) in [4.78, 5) is 10.7. The molecule has 2 heterocycles. The molecule has 1 saturated heterocycles. The van der Waals surface area contributed by atoms with E-state index in [0.717, 1.165) is 31.1 Å². The zero-order chi connectivity index (χ0) is 10.8. The fourth-order valence-corrected chi connectivity index (χ4v) is 1.80. The van der Waals surface area contributed by atoms with Gasteiger partial charge < -0.3 is 10.2 Å². The van der Waals surface area contributed by atoms with Crippen molar-refractivity contribution in [3.63, 3.8) is 0 Å². The lowest BCUT2D eigenvalue weighted by Gasteiger charge is -2.31. The van der Waals surface area contributed by atoms with Gasteiger partial charge >= 0.3 is 0 Å². The number of nitrogens with one attached hydrogen (secondary N) is 1. The lowest BCUT2D eigenvalue weighted by Crippen LogP contribution is -2.49. The first-order valence-corrected chi connectivity index (χ1v) is 5.52. The van der Waals surface area contributed by atoms with Crippen LogP contribution >= 0.6 is 11.6 Å². The average Bonchev–Trinajstić information content (AvgIpc) is 2.22. The molecule has 0 saturated carbocycles. The fraction of sp³-hybridized carbons (Fsp3) is 0.600. The van der Waals surface area contributed by atoms with Gasteiger partial charge in [0.25, 0.3) is 0 Å². The van der Waals surface area contributed by atoms with Crippen molar-refractivity contribution in [2.24, 2.45) is 0 Å². The van der Waals surface area contributed by atoms with Crippen LogP contribution in [-0.4, -0.2) is 35.6 Å². The van der Waals surface area contributed by atoms with E-state index in [4.69, 9.17) is 11.6 Å². The lowest BCUT2D eigenvalue weighted by atomic mass is 10.2. The van der Waals surface area contributed by atoms with E-state index in [1.165, 1.54) is 0 Å². The van der Waals surface area contributed by atoms with E-state index in [1.807, 2.05) is 6.92 Å². The van der Waals surface area contributed by atoms with Crippen LogP contribution in [0.5, 0.6) is 0 Å². The highest BCUT2D eigenvalue weighted by atomic mass is 35.5. The molecule has 0 radical (unpaired) electrons. The monoisotopic (exact) mass is 226 g/mol. The molecular formula is C10H15ClN4. The van der Waals surface area contributed by atoms with Gasteiger partial charge in [0.15, 0.2) is 0 Å². The van der Waals surface area contributed by atoms with Crippen LogP contribution in [0.3, 0.4) is 0 Å². The molecule has 15 heavy (non-hydrogen) atoms. The molecule has 0 bridgehead atoms. The van der Waals surface area contributed by atoms with E-state index in [9.17, 15) is 0 Å². The molecule has 0 amide bonds. The van der Waals surface area contributed by atoms with Crippen LogP contribution in [0.1, 0.15) is 12.5 Å². The standard InChI is InChI=1S/C10H15ClN4/c1-7-5-13-10(14-9(7)11)15-4-3-12-8(2)6-15/h5,8,12H,3-4,6H2,1-2H3. The van der Waals surface area contributed by atoms with Crippen molar-refractivity contribution in [1.29, 1.82) is 0 Å². The fourth-order valence-electron chi connectivity index (χ4n) is 1.68. The van der Waals surface area contributed by atoms with Crippen molar-refractivity contribution in [2.75, 3.05) is 24.5 Å². The molecule has 1 aliphatic heterocycles. The number of piperazine rings is 1. The summed E-state index contributed by atoms with van der Waals surface area (Å²) >= 11 is 5.98. The molecule has 1 aromatic heterocycles. The number of anilines is 1. The Bertz CT molecular complexity index is 355. The summed E-state index contributed by atoms with van der Waals surface area (Å²) in [6, 6.07) is 0.474. The number of aromatic nitrogens is 2.